The van der Waals surface area contributed by atoms with E-state index in [9.17, 15) is 14.4 Å². The first kappa shape index (κ1) is 20.8. The fraction of sp³-hybridized carbons (Fsp3) is 0.0833. The molecule has 3 amide bonds. The molecule has 0 saturated heterocycles. The summed E-state index contributed by atoms with van der Waals surface area (Å²) in [5.74, 6) is -1.51. The molecule has 1 atom stereocenters. The van der Waals surface area contributed by atoms with Crippen LogP contribution in [0.2, 0.25) is 0 Å². The molecule has 1 heterocycles. The minimum Gasteiger partial charge on any atom is -0.478 e. The Morgan fingerprint density at radius 1 is 0.969 bits per heavy atom. The molecule has 0 saturated carbocycles. The molecule has 0 fully saturated rings. The number of likely N-dealkylation sites (N-methyl/N-ethyl adjacent to an activating group) is 1. The quantitative estimate of drug-likeness (QED) is 0.592. The predicted octanol–water partition coefficient (Wildman–Crippen LogP) is 3.35. The first-order valence-corrected chi connectivity index (χ1v) is 9.85. The van der Waals surface area contributed by atoms with E-state index in [1.54, 1.807) is 13.1 Å². The van der Waals surface area contributed by atoms with Crippen LogP contribution in [0, 0.1) is 0 Å². The summed E-state index contributed by atoms with van der Waals surface area (Å²) in [6.45, 7) is 0. The standard InChI is InChI=1S/C24H20N4O4/c1-28-19-13-6-5-12-18(19)20(15-8-3-2-4-9-15)26-21(22(28)29)27-24(32)25-17-11-7-10-16(14-17)23(30)31/h2-14,21H,1H3,(H,30,31)(H2,25,27,32)/t21-/m0/s1. The van der Waals surface area contributed by atoms with Crippen LogP contribution < -0.4 is 15.5 Å². The summed E-state index contributed by atoms with van der Waals surface area (Å²) < 4.78 is 0. The molecular formula is C24H20N4O4. The molecule has 8 heteroatoms. The highest BCUT2D eigenvalue weighted by atomic mass is 16.4. The summed E-state index contributed by atoms with van der Waals surface area (Å²) in [5.41, 5.74) is 3.16. The van der Waals surface area contributed by atoms with Crippen molar-refractivity contribution in [1.82, 2.24) is 5.32 Å². The fourth-order valence-corrected chi connectivity index (χ4v) is 3.46. The van der Waals surface area contributed by atoms with E-state index in [-0.39, 0.29) is 11.3 Å². The van der Waals surface area contributed by atoms with Crippen molar-refractivity contribution in [3.63, 3.8) is 0 Å². The molecule has 1 aliphatic rings. The van der Waals surface area contributed by atoms with Gasteiger partial charge in [0.05, 0.1) is 17.0 Å². The van der Waals surface area contributed by atoms with Crippen LogP contribution in [0.15, 0.2) is 83.9 Å². The Morgan fingerprint density at radius 2 is 1.69 bits per heavy atom. The van der Waals surface area contributed by atoms with E-state index in [1.165, 1.54) is 23.1 Å². The number of hydrogen-bond donors (Lipinski definition) is 3. The number of carboxylic acids is 1. The number of aliphatic imine (C=N–C) groups is 1. The molecule has 0 bridgehead atoms. The number of hydrogen-bond acceptors (Lipinski definition) is 4. The van der Waals surface area contributed by atoms with Gasteiger partial charge in [-0.25, -0.2) is 14.6 Å². The largest absolute Gasteiger partial charge is 0.478 e. The van der Waals surface area contributed by atoms with Gasteiger partial charge in [0, 0.05) is 23.9 Å². The number of carbonyl (C=O) groups excluding carboxylic acids is 2. The van der Waals surface area contributed by atoms with E-state index in [1.807, 2.05) is 54.6 Å². The van der Waals surface area contributed by atoms with E-state index in [4.69, 9.17) is 5.11 Å². The lowest BCUT2D eigenvalue weighted by atomic mass is 10.0. The monoisotopic (exact) mass is 428 g/mol. The number of carbonyl (C=O) groups is 3. The number of nitrogens with one attached hydrogen (secondary N) is 2. The highest BCUT2D eigenvalue weighted by molar-refractivity contribution is 6.20. The van der Waals surface area contributed by atoms with E-state index in [0.29, 0.717) is 11.4 Å². The van der Waals surface area contributed by atoms with Crippen molar-refractivity contribution >= 4 is 35.0 Å². The second-order valence-corrected chi connectivity index (χ2v) is 7.15. The van der Waals surface area contributed by atoms with Crippen LogP contribution in [0.25, 0.3) is 0 Å². The normalized spacial score (nSPS) is 15.3. The lowest BCUT2D eigenvalue weighted by Crippen LogP contribution is -2.47. The first-order chi connectivity index (χ1) is 15.4. The van der Waals surface area contributed by atoms with Crippen LogP contribution in [0.1, 0.15) is 21.5 Å². The summed E-state index contributed by atoms with van der Waals surface area (Å²) in [6.07, 6.45) is -1.18. The van der Waals surface area contributed by atoms with Crippen molar-refractivity contribution in [3.8, 4) is 0 Å². The van der Waals surface area contributed by atoms with E-state index < -0.39 is 24.1 Å². The molecule has 0 unspecified atom stereocenters. The van der Waals surface area contributed by atoms with Gasteiger partial charge in [0.15, 0.2) is 0 Å². The maximum Gasteiger partial charge on any atom is 0.335 e. The number of para-hydroxylation sites is 1. The number of fused-ring (bicyclic) bond motifs is 1. The topological polar surface area (TPSA) is 111 Å². The maximum atomic E-state index is 13.1. The zero-order valence-corrected chi connectivity index (χ0v) is 17.1. The third kappa shape index (κ3) is 4.20. The molecule has 3 aromatic rings. The Labute approximate surface area is 184 Å². The number of amides is 3. The zero-order chi connectivity index (χ0) is 22.7. The minimum absolute atomic E-state index is 0.0351. The number of anilines is 2. The van der Waals surface area contributed by atoms with Crippen LogP contribution in [0.3, 0.4) is 0 Å². The third-order valence-corrected chi connectivity index (χ3v) is 5.03. The van der Waals surface area contributed by atoms with Crippen molar-refractivity contribution in [1.29, 1.82) is 0 Å². The average molecular weight is 428 g/mol. The van der Waals surface area contributed by atoms with Crippen molar-refractivity contribution in [2.75, 3.05) is 17.3 Å². The number of urea groups is 1. The molecule has 32 heavy (non-hydrogen) atoms. The molecule has 1 aliphatic heterocycles. The number of benzene rings is 3. The van der Waals surface area contributed by atoms with E-state index >= 15 is 0 Å². The third-order valence-electron chi connectivity index (χ3n) is 5.03. The number of carboxylic acid groups (broad SMARTS) is 1. The molecule has 4 rings (SSSR count). The number of benzodiazepines with no additional fused rings is 1. The summed E-state index contributed by atoms with van der Waals surface area (Å²) in [4.78, 5) is 43.0. The van der Waals surface area contributed by atoms with Crippen molar-refractivity contribution < 1.29 is 19.5 Å². The summed E-state index contributed by atoms with van der Waals surface area (Å²) in [5, 5.41) is 14.3. The SMILES string of the molecule is CN1C(=O)[C@H](NC(=O)Nc2cccc(C(=O)O)c2)N=C(c2ccccc2)c2ccccc21. The molecule has 0 aromatic heterocycles. The molecule has 160 valence electrons. The predicted molar refractivity (Wildman–Crippen MR) is 121 cm³/mol. The Balaban J connectivity index is 1.66. The molecular weight excluding hydrogens is 408 g/mol. The van der Waals surface area contributed by atoms with Gasteiger partial charge in [-0.2, -0.15) is 0 Å². The number of aromatic carboxylic acids is 1. The highest BCUT2D eigenvalue weighted by Gasteiger charge is 2.30. The van der Waals surface area contributed by atoms with Crippen molar-refractivity contribution in [3.05, 3.63) is 95.6 Å². The van der Waals surface area contributed by atoms with Crippen LogP contribution in [0.4, 0.5) is 16.2 Å². The zero-order valence-electron chi connectivity index (χ0n) is 17.1. The summed E-state index contributed by atoms with van der Waals surface area (Å²) in [7, 11) is 1.63. The number of rotatable bonds is 4. The Morgan fingerprint density at radius 3 is 2.44 bits per heavy atom. The summed E-state index contributed by atoms with van der Waals surface area (Å²) in [6, 6.07) is 22.0. The van der Waals surface area contributed by atoms with Gasteiger partial charge in [0.25, 0.3) is 5.91 Å². The van der Waals surface area contributed by atoms with Crippen LogP contribution >= 0.6 is 0 Å². The van der Waals surface area contributed by atoms with Gasteiger partial charge in [-0.1, -0.05) is 54.6 Å². The van der Waals surface area contributed by atoms with Gasteiger partial charge in [0.1, 0.15) is 0 Å². The summed E-state index contributed by atoms with van der Waals surface area (Å²) >= 11 is 0. The van der Waals surface area contributed by atoms with Gasteiger partial charge in [-0.05, 0) is 24.3 Å². The van der Waals surface area contributed by atoms with Gasteiger partial charge >= 0.3 is 12.0 Å². The van der Waals surface area contributed by atoms with Crippen molar-refractivity contribution in [2.45, 2.75) is 6.17 Å². The van der Waals surface area contributed by atoms with Crippen LogP contribution in [0.5, 0.6) is 0 Å². The van der Waals surface area contributed by atoms with Gasteiger partial charge in [-0.3, -0.25) is 4.79 Å². The number of nitrogens with zero attached hydrogens (tertiary/aromatic N) is 2. The van der Waals surface area contributed by atoms with E-state index in [2.05, 4.69) is 15.6 Å². The highest BCUT2D eigenvalue weighted by Crippen LogP contribution is 2.27. The lowest BCUT2D eigenvalue weighted by Gasteiger charge is -2.21. The molecule has 0 spiro atoms. The fourth-order valence-electron chi connectivity index (χ4n) is 3.46. The molecule has 3 aromatic carbocycles. The van der Waals surface area contributed by atoms with Crippen molar-refractivity contribution in [2.24, 2.45) is 4.99 Å². The molecule has 8 nitrogen and oxygen atoms in total. The van der Waals surface area contributed by atoms with Gasteiger partial charge < -0.3 is 20.6 Å². The Kier molecular flexibility index (Phi) is 5.67. The molecule has 3 N–H and O–H groups in total. The van der Waals surface area contributed by atoms with Crippen LogP contribution in [-0.2, 0) is 4.79 Å². The Bertz CT molecular complexity index is 1220. The van der Waals surface area contributed by atoms with E-state index in [0.717, 1.165) is 11.1 Å². The smallest absolute Gasteiger partial charge is 0.335 e. The second kappa shape index (κ2) is 8.73. The first-order valence-electron chi connectivity index (χ1n) is 9.85. The minimum atomic E-state index is -1.18. The lowest BCUT2D eigenvalue weighted by molar-refractivity contribution is -0.119. The maximum absolute atomic E-state index is 13.1. The average Bonchev–Trinajstić information content (AvgIpc) is 2.90. The second-order valence-electron chi connectivity index (χ2n) is 7.15. The van der Waals surface area contributed by atoms with Gasteiger partial charge in [0.2, 0.25) is 6.17 Å². The molecule has 0 radical (unpaired) electrons. The van der Waals surface area contributed by atoms with Gasteiger partial charge in [-0.15, -0.1) is 0 Å². The molecule has 0 aliphatic carbocycles. The Hall–Kier alpha value is -4.46. The van der Waals surface area contributed by atoms with Crippen LogP contribution in [-0.4, -0.2) is 41.9 Å².